The summed E-state index contributed by atoms with van der Waals surface area (Å²) in [7, 11) is -3.76. The van der Waals surface area contributed by atoms with Gasteiger partial charge in [-0.2, -0.15) is 23.3 Å². The van der Waals surface area contributed by atoms with Crippen LogP contribution in [0.25, 0.3) is 0 Å². The van der Waals surface area contributed by atoms with Crippen LogP contribution in [-0.2, 0) is 34.9 Å². The summed E-state index contributed by atoms with van der Waals surface area (Å²) in [6.07, 6.45) is 1.32. The highest BCUT2D eigenvalue weighted by Gasteiger charge is 2.28. The number of nitrogens with one attached hydrogen (secondary N) is 2. The molecule has 0 aliphatic rings. The third-order valence-corrected chi connectivity index (χ3v) is 6.23. The Morgan fingerprint density at radius 2 is 1.67 bits per heavy atom. The van der Waals surface area contributed by atoms with E-state index in [1.807, 2.05) is 13.8 Å². The number of esters is 1. The van der Waals surface area contributed by atoms with Crippen molar-refractivity contribution in [3.05, 3.63) is 60.2 Å². The zero-order chi connectivity index (χ0) is 24.6. The largest absolute Gasteiger partial charge is 0.459 e. The Morgan fingerprint density at radius 1 is 1.06 bits per heavy atom. The van der Waals surface area contributed by atoms with Crippen LogP contribution in [0.3, 0.4) is 0 Å². The van der Waals surface area contributed by atoms with E-state index < -0.39 is 38.7 Å². The number of ether oxygens (including phenoxy) is 1. The number of hydrazone groups is 1. The molecule has 11 heteroatoms. The van der Waals surface area contributed by atoms with Crippen LogP contribution in [-0.4, -0.2) is 36.5 Å². The summed E-state index contributed by atoms with van der Waals surface area (Å²) in [5, 5.41) is 3.76. The lowest BCUT2D eigenvalue weighted by atomic mass is 10.1. The van der Waals surface area contributed by atoms with Crippen molar-refractivity contribution in [2.45, 2.75) is 56.1 Å². The predicted molar refractivity (Wildman–Crippen MR) is 126 cm³/mol. The minimum absolute atomic E-state index is 0.101. The van der Waals surface area contributed by atoms with Crippen molar-refractivity contribution in [3.63, 3.8) is 0 Å². The molecular weight excluding hydrogens is 466 g/mol. The van der Waals surface area contributed by atoms with Crippen molar-refractivity contribution in [2.24, 2.45) is 11.0 Å². The van der Waals surface area contributed by atoms with E-state index in [4.69, 9.17) is 9.02 Å². The minimum atomic E-state index is -3.76. The molecule has 0 aromatic heterocycles. The number of hydrogen-bond acceptors (Lipinski definition) is 8. The SMILES string of the molecule is CC(C)C(NOS(=O)c1ccc(/C=N/NS(=O)(=O)c2ccccc2)cc1)C(=O)OC(C)(C)C. The molecule has 0 aliphatic carbocycles. The Balaban J connectivity index is 1.95. The summed E-state index contributed by atoms with van der Waals surface area (Å²) in [5.41, 5.74) is 2.47. The van der Waals surface area contributed by atoms with Crippen molar-refractivity contribution in [2.75, 3.05) is 0 Å². The van der Waals surface area contributed by atoms with Crippen LogP contribution < -0.4 is 10.3 Å². The molecule has 0 amide bonds. The Labute approximate surface area is 197 Å². The van der Waals surface area contributed by atoms with E-state index in [2.05, 4.69) is 15.4 Å². The van der Waals surface area contributed by atoms with Gasteiger partial charge in [0.05, 0.1) is 16.0 Å². The number of benzene rings is 2. The Morgan fingerprint density at radius 3 is 2.21 bits per heavy atom. The van der Waals surface area contributed by atoms with Gasteiger partial charge in [0.15, 0.2) is 0 Å². The number of sulfonamides is 1. The van der Waals surface area contributed by atoms with E-state index >= 15 is 0 Å². The van der Waals surface area contributed by atoms with Crippen LogP contribution in [0.4, 0.5) is 0 Å². The van der Waals surface area contributed by atoms with Crippen molar-refractivity contribution in [1.29, 1.82) is 0 Å². The van der Waals surface area contributed by atoms with Crippen molar-refractivity contribution < 1.29 is 26.4 Å². The molecule has 0 heterocycles. The van der Waals surface area contributed by atoms with Gasteiger partial charge in [-0.15, -0.1) is 0 Å². The van der Waals surface area contributed by atoms with Gasteiger partial charge in [-0.05, 0) is 56.5 Å². The second kappa shape index (κ2) is 11.5. The monoisotopic (exact) mass is 495 g/mol. The molecule has 180 valence electrons. The molecule has 0 saturated heterocycles. The maximum atomic E-state index is 12.4. The molecule has 0 spiro atoms. The van der Waals surface area contributed by atoms with Crippen molar-refractivity contribution in [3.8, 4) is 0 Å². The van der Waals surface area contributed by atoms with E-state index in [1.165, 1.54) is 18.3 Å². The summed E-state index contributed by atoms with van der Waals surface area (Å²) in [4.78, 5) is 14.9. The maximum absolute atomic E-state index is 12.4. The van der Waals surface area contributed by atoms with Gasteiger partial charge in [0.25, 0.3) is 10.0 Å². The molecule has 2 unspecified atom stereocenters. The third-order valence-electron chi connectivity index (χ3n) is 4.09. The second-order valence-electron chi connectivity index (χ2n) is 8.43. The molecule has 0 bridgehead atoms. The lowest BCUT2D eigenvalue weighted by Gasteiger charge is -2.25. The molecule has 2 aromatic rings. The average molecular weight is 496 g/mol. The Bertz CT molecular complexity index is 1080. The summed E-state index contributed by atoms with van der Waals surface area (Å²) in [6.45, 7) is 8.92. The molecule has 33 heavy (non-hydrogen) atoms. The second-order valence-corrected chi connectivity index (χ2v) is 11.2. The van der Waals surface area contributed by atoms with Crippen molar-refractivity contribution in [1.82, 2.24) is 10.3 Å². The Hall–Kier alpha value is -2.60. The van der Waals surface area contributed by atoms with Gasteiger partial charge in [-0.25, -0.2) is 9.04 Å². The lowest BCUT2D eigenvalue weighted by Crippen LogP contribution is -2.44. The zero-order valence-corrected chi connectivity index (χ0v) is 20.8. The normalized spacial score (nSPS) is 14.2. The van der Waals surface area contributed by atoms with Crippen LogP contribution in [0.2, 0.25) is 0 Å². The van der Waals surface area contributed by atoms with Crippen molar-refractivity contribution >= 4 is 33.3 Å². The van der Waals surface area contributed by atoms with Gasteiger partial charge >= 0.3 is 5.97 Å². The number of nitrogens with zero attached hydrogens (tertiary/aromatic N) is 1. The quantitative estimate of drug-likeness (QED) is 0.295. The van der Waals surface area contributed by atoms with E-state index in [0.29, 0.717) is 10.5 Å². The number of carbonyl (C=O) groups is 1. The standard InChI is InChI=1S/C22H29N3O6S2/c1-16(2)20(21(26)30-22(3,4)5)24-31-32(27)18-13-11-17(12-14-18)15-23-25-33(28,29)19-9-7-6-8-10-19/h6-16,20,24-25H,1-5H3/b23-15+. The van der Waals surface area contributed by atoms with Gasteiger partial charge in [0, 0.05) is 0 Å². The summed E-state index contributed by atoms with van der Waals surface area (Å²) < 4.78 is 47.3. The minimum Gasteiger partial charge on any atom is -0.459 e. The zero-order valence-electron chi connectivity index (χ0n) is 19.1. The van der Waals surface area contributed by atoms with Crippen LogP contribution >= 0.6 is 0 Å². The van der Waals surface area contributed by atoms with Crippen LogP contribution in [0, 0.1) is 5.92 Å². The third kappa shape index (κ3) is 8.69. The van der Waals surface area contributed by atoms with E-state index in [1.54, 1.807) is 63.2 Å². The molecule has 0 aliphatic heterocycles. The van der Waals surface area contributed by atoms with Gasteiger partial charge in [0.2, 0.25) is 11.1 Å². The summed E-state index contributed by atoms with van der Waals surface area (Å²) in [6, 6.07) is 13.4. The first-order valence-electron chi connectivity index (χ1n) is 10.2. The molecule has 0 saturated carbocycles. The first-order chi connectivity index (χ1) is 15.4. The lowest BCUT2D eigenvalue weighted by molar-refractivity contribution is -0.161. The topological polar surface area (TPSA) is 123 Å². The first-order valence-corrected chi connectivity index (χ1v) is 12.7. The molecule has 2 aromatic carbocycles. The molecule has 2 rings (SSSR count). The van der Waals surface area contributed by atoms with Gasteiger partial charge < -0.3 is 4.74 Å². The first kappa shape index (κ1) is 26.7. The van der Waals surface area contributed by atoms with Crippen LogP contribution in [0.1, 0.15) is 40.2 Å². The van der Waals surface area contributed by atoms with Crippen LogP contribution in [0.5, 0.6) is 0 Å². The molecular formula is C22H29N3O6S2. The fourth-order valence-electron chi connectivity index (χ4n) is 2.45. The molecule has 2 atom stereocenters. The number of hydroxylamine groups is 1. The molecule has 0 fully saturated rings. The van der Waals surface area contributed by atoms with Crippen LogP contribution in [0.15, 0.2) is 69.5 Å². The highest BCUT2D eigenvalue weighted by atomic mass is 32.2. The Kier molecular flexibility index (Phi) is 9.29. The predicted octanol–water partition coefficient (Wildman–Crippen LogP) is 2.91. The fraction of sp³-hybridized carbons (Fsp3) is 0.364. The van der Waals surface area contributed by atoms with E-state index in [0.717, 1.165) is 0 Å². The highest BCUT2D eigenvalue weighted by molar-refractivity contribution is 7.89. The molecule has 2 N–H and O–H groups in total. The fourth-order valence-corrected chi connectivity index (χ4v) is 3.91. The average Bonchev–Trinajstić information content (AvgIpc) is 2.73. The summed E-state index contributed by atoms with van der Waals surface area (Å²) in [5.74, 6) is -0.658. The van der Waals surface area contributed by atoms with Gasteiger partial charge in [-0.1, -0.05) is 44.2 Å². The van der Waals surface area contributed by atoms with Gasteiger partial charge in [0.1, 0.15) is 11.6 Å². The number of hydrogen-bond donors (Lipinski definition) is 2. The van der Waals surface area contributed by atoms with Gasteiger partial charge in [-0.3, -0.25) is 4.79 Å². The van der Waals surface area contributed by atoms with E-state index in [9.17, 15) is 17.4 Å². The smallest absolute Gasteiger partial charge is 0.326 e. The summed E-state index contributed by atoms with van der Waals surface area (Å²) >= 11 is -1.89. The number of carbonyl (C=O) groups excluding carboxylic acids is 1. The molecule has 9 nitrogen and oxygen atoms in total. The number of rotatable bonds is 10. The molecule has 0 radical (unpaired) electrons. The highest BCUT2D eigenvalue weighted by Crippen LogP contribution is 2.14. The van der Waals surface area contributed by atoms with E-state index in [-0.39, 0.29) is 10.8 Å². The maximum Gasteiger partial charge on any atom is 0.326 e.